The Bertz CT molecular complexity index is 577. The molecule has 4 heteroatoms. The summed E-state index contributed by atoms with van der Waals surface area (Å²) in [5, 5.41) is 8.06. The van der Waals surface area contributed by atoms with Crippen LogP contribution in [0.2, 0.25) is 0 Å². The van der Waals surface area contributed by atoms with Crippen molar-refractivity contribution in [2.24, 2.45) is 16.9 Å². The summed E-state index contributed by atoms with van der Waals surface area (Å²) in [4.78, 5) is 0. The number of nitrogens with zero attached hydrogens (tertiary/aromatic N) is 1. The molecule has 3 atom stereocenters. The van der Waals surface area contributed by atoms with Gasteiger partial charge in [0.05, 0.1) is 0 Å². The van der Waals surface area contributed by atoms with Gasteiger partial charge in [-0.1, -0.05) is 48.6 Å². The third-order valence-electron chi connectivity index (χ3n) is 4.01. The van der Waals surface area contributed by atoms with Crippen LogP contribution >= 0.6 is 12.2 Å². The Morgan fingerprint density at radius 2 is 2.05 bits per heavy atom. The zero-order chi connectivity index (χ0) is 14.5. The molecule has 0 aliphatic heterocycles. The molecule has 0 amide bonds. The Kier molecular flexibility index (Phi) is 4.46. The molecule has 0 aromatic heterocycles. The van der Waals surface area contributed by atoms with E-state index in [1.165, 1.54) is 12.8 Å². The van der Waals surface area contributed by atoms with E-state index in [1.54, 1.807) is 6.21 Å². The Morgan fingerprint density at radius 1 is 1.19 bits per heavy atom. The normalized spacial score (nSPS) is 26.8. The van der Waals surface area contributed by atoms with Crippen LogP contribution < -0.4 is 10.7 Å². The summed E-state index contributed by atoms with van der Waals surface area (Å²) in [5.41, 5.74) is 4.02. The molecule has 1 aromatic carbocycles. The van der Waals surface area contributed by atoms with Crippen molar-refractivity contribution in [2.45, 2.75) is 18.9 Å². The highest BCUT2D eigenvalue weighted by molar-refractivity contribution is 7.80. The van der Waals surface area contributed by atoms with Gasteiger partial charge in [0.15, 0.2) is 5.11 Å². The summed E-state index contributed by atoms with van der Waals surface area (Å²) in [6, 6.07) is 10.6. The first-order chi connectivity index (χ1) is 10.3. The molecule has 3 rings (SSSR count). The van der Waals surface area contributed by atoms with Gasteiger partial charge in [-0.25, -0.2) is 0 Å². The fourth-order valence-electron chi connectivity index (χ4n) is 3.00. The standard InChI is InChI=1S/C17H19N3S/c21-17(19-16-12-14-8-9-15(16)11-14)20-18-10-4-7-13-5-2-1-3-6-13/h1-10,14-16H,11-12H2,(H2,19,20,21)/b7-4+,18-10-/t14-,15+,16+/m1/s1. The van der Waals surface area contributed by atoms with E-state index in [0.29, 0.717) is 17.1 Å². The maximum absolute atomic E-state index is 5.27. The van der Waals surface area contributed by atoms with Gasteiger partial charge in [-0.3, -0.25) is 5.43 Å². The van der Waals surface area contributed by atoms with E-state index in [4.69, 9.17) is 12.2 Å². The molecule has 1 aromatic rings. The Labute approximate surface area is 130 Å². The van der Waals surface area contributed by atoms with E-state index in [2.05, 4.69) is 28.0 Å². The van der Waals surface area contributed by atoms with E-state index in [0.717, 1.165) is 11.5 Å². The summed E-state index contributed by atoms with van der Waals surface area (Å²) < 4.78 is 0. The zero-order valence-electron chi connectivity index (χ0n) is 11.8. The van der Waals surface area contributed by atoms with Crippen LogP contribution in [-0.2, 0) is 0 Å². The molecule has 0 unspecified atom stereocenters. The number of hydrogen-bond donors (Lipinski definition) is 2. The summed E-state index contributed by atoms with van der Waals surface area (Å²) in [6.07, 6.45) is 12.7. The van der Waals surface area contributed by atoms with Crippen molar-refractivity contribution in [3.05, 3.63) is 54.1 Å². The van der Waals surface area contributed by atoms with Crippen LogP contribution in [0.1, 0.15) is 18.4 Å². The Balaban J connectivity index is 1.40. The third-order valence-corrected chi connectivity index (χ3v) is 4.22. The SMILES string of the molecule is S=C(N/N=C\C=C\c1ccccc1)N[C@H]1C[C@@H]2C=C[C@H]1C2. The van der Waals surface area contributed by atoms with Crippen LogP contribution in [0.25, 0.3) is 6.08 Å². The van der Waals surface area contributed by atoms with E-state index in [-0.39, 0.29) is 0 Å². The molecule has 0 saturated heterocycles. The third kappa shape index (κ3) is 3.79. The van der Waals surface area contributed by atoms with Crippen molar-refractivity contribution in [1.82, 2.24) is 10.7 Å². The van der Waals surface area contributed by atoms with E-state index in [1.807, 2.05) is 42.5 Å². The molecule has 3 nitrogen and oxygen atoms in total. The molecule has 2 aliphatic rings. The fraction of sp³-hybridized carbons (Fsp3) is 0.294. The highest BCUT2D eigenvalue weighted by Gasteiger charge is 2.35. The van der Waals surface area contributed by atoms with Gasteiger partial charge >= 0.3 is 0 Å². The molecule has 2 N–H and O–H groups in total. The van der Waals surface area contributed by atoms with Crippen molar-refractivity contribution in [3.63, 3.8) is 0 Å². The molecule has 2 bridgehead atoms. The largest absolute Gasteiger partial charge is 0.358 e. The maximum atomic E-state index is 5.27. The molecule has 0 heterocycles. The smallest absolute Gasteiger partial charge is 0.187 e. The summed E-state index contributed by atoms with van der Waals surface area (Å²) in [5.74, 6) is 1.38. The van der Waals surface area contributed by atoms with Crippen molar-refractivity contribution in [2.75, 3.05) is 0 Å². The highest BCUT2D eigenvalue weighted by atomic mass is 32.1. The molecule has 1 fully saturated rings. The second-order valence-electron chi connectivity index (χ2n) is 5.52. The van der Waals surface area contributed by atoms with Crippen LogP contribution in [0, 0.1) is 11.8 Å². The predicted molar refractivity (Wildman–Crippen MR) is 92.0 cm³/mol. The number of allylic oxidation sites excluding steroid dienone is 2. The fourth-order valence-corrected chi connectivity index (χ4v) is 3.21. The lowest BCUT2D eigenvalue weighted by atomic mass is 10.0. The van der Waals surface area contributed by atoms with Gasteiger partial charge in [0.1, 0.15) is 0 Å². The number of fused-ring (bicyclic) bond motifs is 2. The van der Waals surface area contributed by atoms with Gasteiger partial charge in [-0.2, -0.15) is 5.10 Å². The maximum Gasteiger partial charge on any atom is 0.187 e. The van der Waals surface area contributed by atoms with Gasteiger partial charge in [-0.15, -0.1) is 0 Å². The van der Waals surface area contributed by atoms with Crippen molar-refractivity contribution in [3.8, 4) is 0 Å². The minimum absolute atomic E-state index is 0.468. The first-order valence-corrected chi connectivity index (χ1v) is 7.72. The average molecular weight is 297 g/mol. The molecule has 0 spiro atoms. The highest BCUT2D eigenvalue weighted by Crippen LogP contribution is 2.38. The number of nitrogens with one attached hydrogen (secondary N) is 2. The van der Waals surface area contributed by atoms with Gasteiger partial charge in [0.25, 0.3) is 0 Å². The minimum atomic E-state index is 0.468. The summed E-state index contributed by atoms with van der Waals surface area (Å²) in [7, 11) is 0. The Morgan fingerprint density at radius 3 is 2.76 bits per heavy atom. The van der Waals surface area contributed by atoms with E-state index >= 15 is 0 Å². The van der Waals surface area contributed by atoms with Crippen LogP contribution in [0.5, 0.6) is 0 Å². The molecule has 0 radical (unpaired) electrons. The first-order valence-electron chi connectivity index (χ1n) is 7.31. The van der Waals surface area contributed by atoms with E-state index < -0.39 is 0 Å². The van der Waals surface area contributed by atoms with E-state index in [9.17, 15) is 0 Å². The molecular weight excluding hydrogens is 278 g/mol. The second-order valence-corrected chi connectivity index (χ2v) is 5.93. The minimum Gasteiger partial charge on any atom is -0.358 e. The van der Waals surface area contributed by atoms with Crippen molar-refractivity contribution < 1.29 is 0 Å². The lowest BCUT2D eigenvalue weighted by molar-refractivity contribution is 0.521. The number of hydrazone groups is 1. The van der Waals surface area contributed by atoms with Crippen LogP contribution in [0.15, 0.2) is 53.7 Å². The van der Waals surface area contributed by atoms with Gasteiger partial charge < -0.3 is 5.32 Å². The number of rotatable bonds is 4. The molecule has 21 heavy (non-hydrogen) atoms. The number of hydrogen-bond acceptors (Lipinski definition) is 2. The van der Waals surface area contributed by atoms with Crippen LogP contribution in [-0.4, -0.2) is 17.4 Å². The number of thiocarbonyl (C=S) groups is 1. The molecule has 2 aliphatic carbocycles. The topological polar surface area (TPSA) is 36.4 Å². The predicted octanol–water partition coefficient (Wildman–Crippen LogP) is 3.11. The van der Waals surface area contributed by atoms with Gasteiger partial charge in [0, 0.05) is 12.3 Å². The average Bonchev–Trinajstić information content (AvgIpc) is 3.10. The van der Waals surface area contributed by atoms with Crippen molar-refractivity contribution in [1.29, 1.82) is 0 Å². The molecule has 1 saturated carbocycles. The lowest BCUT2D eigenvalue weighted by Crippen LogP contribution is -2.41. The van der Waals surface area contributed by atoms with Crippen LogP contribution in [0.3, 0.4) is 0 Å². The first kappa shape index (κ1) is 14.0. The summed E-state index contributed by atoms with van der Waals surface area (Å²) in [6.45, 7) is 0. The number of benzene rings is 1. The lowest BCUT2D eigenvalue weighted by Gasteiger charge is -2.20. The van der Waals surface area contributed by atoms with Gasteiger partial charge in [0.2, 0.25) is 0 Å². The quantitative estimate of drug-likeness (QED) is 0.388. The van der Waals surface area contributed by atoms with Crippen molar-refractivity contribution >= 4 is 29.6 Å². The Hall–Kier alpha value is -1.94. The zero-order valence-corrected chi connectivity index (χ0v) is 12.6. The molecular formula is C17H19N3S. The summed E-state index contributed by atoms with van der Waals surface area (Å²) >= 11 is 5.27. The van der Waals surface area contributed by atoms with Gasteiger partial charge in [-0.05, 0) is 48.5 Å². The second kappa shape index (κ2) is 6.68. The van der Waals surface area contributed by atoms with Crippen LogP contribution in [0.4, 0.5) is 0 Å². The molecule has 108 valence electrons. The monoisotopic (exact) mass is 297 g/mol.